The lowest BCUT2D eigenvalue weighted by Gasteiger charge is -2.27. The second-order valence-electron chi connectivity index (χ2n) is 7.81. The van der Waals surface area contributed by atoms with Crippen LogP contribution >= 0.6 is 0 Å². The number of carbonyl (C=O) groups excluding carboxylic acids is 2. The largest absolute Gasteiger partial charge is 0.468 e. The maximum Gasteiger partial charge on any atom is 0.317 e. The van der Waals surface area contributed by atoms with Crippen molar-refractivity contribution >= 4 is 22.8 Å². The molecule has 1 heterocycles. The first-order valence-electron chi connectivity index (χ1n) is 10.4. The van der Waals surface area contributed by atoms with Crippen LogP contribution in [-0.4, -0.2) is 30.5 Å². The van der Waals surface area contributed by atoms with Gasteiger partial charge in [0.2, 0.25) is 0 Å². The predicted molar refractivity (Wildman–Crippen MR) is 125 cm³/mol. The van der Waals surface area contributed by atoms with Gasteiger partial charge in [0.25, 0.3) is 5.91 Å². The fourth-order valence-electron chi connectivity index (χ4n) is 3.80. The molecule has 0 aliphatic rings. The van der Waals surface area contributed by atoms with Gasteiger partial charge in [0.15, 0.2) is 0 Å². The number of rotatable bonds is 6. The molecule has 160 valence electrons. The van der Waals surface area contributed by atoms with Gasteiger partial charge in [-0.3, -0.25) is 9.59 Å². The van der Waals surface area contributed by atoms with Crippen LogP contribution in [0.25, 0.3) is 22.2 Å². The molecular weight excluding hydrogens is 400 g/mol. The Bertz CT molecular complexity index is 1260. The molecule has 0 radical (unpaired) electrons. The molecule has 0 aliphatic heterocycles. The number of hydrogen-bond donors (Lipinski definition) is 1. The van der Waals surface area contributed by atoms with Gasteiger partial charge in [-0.1, -0.05) is 78.9 Å². The number of esters is 1. The zero-order valence-corrected chi connectivity index (χ0v) is 18.0. The van der Waals surface area contributed by atoms with E-state index in [2.05, 4.69) is 5.32 Å². The molecule has 0 fully saturated rings. The Morgan fingerprint density at radius 1 is 0.906 bits per heavy atom. The van der Waals surface area contributed by atoms with Gasteiger partial charge in [0.05, 0.1) is 23.9 Å². The number of nitrogens with one attached hydrogen (secondary N) is 1. The summed E-state index contributed by atoms with van der Waals surface area (Å²) in [5.41, 5.74) is 2.64. The second-order valence-corrected chi connectivity index (χ2v) is 7.81. The number of nitrogens with zero attached hydrogens (tertiary/aromatic N) is 1. The van der Waals surface area contributed by atoms with Crippen LogP contribution in [0.4, 0.5) is 0 Å². The fraction of sp³-hybridized carbons (Fsp3) is 0.148. The average molecular weight is 425 g/mol. The number of ether oxygens (including phenoxy) is 1. The van der Waals surface area contributed by atoms with Gasteiger partial charge in [-0.25, -0.2) is 4.98 Å². The number of benzene rings is 3. The number of fused-ring (bicyclic) bond motifs is 1. The Morgan fingerprint density at radius 3 is 2.22 bits per heavy atom. The highest BCUT2D eigenvalue weighted by molar-refractivity contribution is 6.07. The molecule has 0 spiro atoms. The lowest BCUT2D eigenvalue weighted by molar-refractivity contribution is -0.146. The van der Waals surface area contributed by atoms with Gasteiger partial charge in [-0.05, 0) is 24.6 Å². The van der Waals surface area contributed by atoms with Crippen molar-refractivity contribution in [3.05, 3.63) is 102 Å². The lowest BCUT2D eigenvalue weighted by Crippen LogP contribution is -2.45. The van der Waals surface area contributed by atoms with Crippen molar-refractivity contribution in [3.63, 3.8) is 0 Å². The minimum Gasteiger partial charge on any atom is -0.468 e. The van der Waals surface area contributed by atoms with Crippen LogP contribution in [0.3, 0.4) is 0 Å². The Kier molecular flexibility index (Phi) is 5.99. The Labute approximate surface area is 187 Å². The summed E-state index contributed by atoms with van der Waals surface area (Å²) < 4.78 is 5.05. The number of aromatic nitrogens is 1. The lowest BCUT2D eigenvalue weighted by atomic mass is 9.82. The molecule has 4 aromatic rings. The summed E-state index contributed by atoms with van der Waals surface area (Å²) in [6, 6.07) is 28.4. The molecule has 1 N–H and O–H groups in total. The summed E-state index contributed by atoms with van der Waals surface area (Å²) in [7, 11) is 1.36. The van der Waals surface area contributed by atoms with Gasteiger partial charge in [0, 0.05) is 17.5 Å². The number of methoxy groups -OCH3 is 1. The van der Waals surface area contributed by atoms with Crippen molar-refractivity contribution in [1.29, 1.82) is 0 Å². The van der Waals surface area contributed by atoms with Crippen LogP contribution in [0.2, 0.25) is 0 Å². The summed E-state index contributed by atoms with van der Waals surface area (Å²) in [6.45, 7) is 1.87. The summed E-state index contributed by atoms with van der Waals surface area (Å²) in [6.07, 6.45) is 0. The fourth-order valence-corrected chi connectivity index (χ4v) is 3.80. The van der Waals surface area contributed by atoms with E-state index in [1.54, 1.807) is 13.0 Å². The van der Waals surface area contributed by atoms with Gasteiger partial charge < -0.3 is 10.1 Å². The Balaban J connectivity index is 1.70. The monoisotopic (exact) mass is 424 g/mol. The molecule has 1 amide bonds. The molecule has 5 heteroatoms. The summed E-state index contributed by atoms with van der Waals surface area (Å²) in [5, 5.41) is 3.71. The molecule has 1 unspecified atom stereocenters. The summed E-state index contributed by atoms with van der Waals surface area (Å²) >= 11 is 0. The van der Waals surface area contributed by atoms with Crippen LogP contribution in [0, 0.1) is 0 Å². The van der Waals surface area contributed by atoms with E-state index in [0.29, 0.717) is 11.3 Å². The van der Waals surface area contributed by atoms with Crippen molar-refractivity contribution in [2.24, 2.45) is 0 Å². The van der Waals surface area contributed by atoms with Crippen LogP contribution in [-0.2, 0) is 14.9 Å². The van der Waals surface area contributed by atoms with Crippen LogP contribution in [0.15, 0.2) is 91.0 Å². The molecule has 32 heavy (non-hydrogen) atoms. The topological polar surface area (TPSA) is 68.3 Å². The molecule has 3 aromatic carbocycles. The third-order valence-corrected chi connectivity index (χ3v) is 5.68. The Hall–Kier alpha value is -3.99. The SMILES string of the molecule is COC(=O)C(C)(CNC(=O)c1cc(-c2ccccc2)nc2ccccc12)c1ccccc1. The van der Waals surface area contributed by atoms with E-state index in [-0.39, 0.29) is 12.5 Å². The quantitative estimate of drug-likeness (QED) is 0.453. The molecule has 0 bridgehead atoms. The Morgan fingerprint density at radius 2 is 1.53 bits per heavy atom. The highest BCUT2D eigenvalue weighted by atomic mass is 16.5. The standard InChI is InChI=1S/C27H24N2O3/c1-27(26(31)32-2,20-13-7-4-8-14-20)18-28-25(30)22-17-24(19-11-5-3-6-12-19)29-23-16-10-9-15-21(22)23/h3-17H,18H2,1-2H3,(H,28,30). The van der Waals surface area contributed by atoms with Crippen LogP contribution in [0.5, 0.6) is 0 Å². The first-order valence-corrected chi connectivity index (χ1v) is 10.4. The van der Waals surface area contributed by atoms with Crippen molar-refractivity contribution in [2.45, 2.75) is 12.3 Å². The van der Waals surface area contributed by atoms with Crippen molar-refractivity contribution in [1.82, 2.24) is 10.3 Å². The van der Waals surface area contributed by atoms with Gasteiger partial charge in [0.1, 0.15) is 5.41 Å². The third kappa shape index (κ3) is 4.10. The van der Waals surface area contributed by atoms with E-state index in [4.69, 9.17) is 9.72 Å². The zero-order valence-electron chi connectivity index (χ0n) is 18.0. The highest BCUT2D eigenvalue weighted by Gasteiger charge is 2.37. The first-order chi connectivity index (χ1) is 15.5. The summed E-state index contributed by atoms with van der Waals surface area (Å²) in [4.78, 5) is 30.7. The molecular formula is C27H24N2O3. The van der Waals surface area contributed by atoms with E-state index < -0.39 is 11.4 Å². The van der Waals surface area contributed by atoms with Gasteiger partial charge in [-0.2, -0.15) is 0 Å². The number of hydrogen-bond acceptors (Lipinski definition) is 4. The van der Waals surface area contributed by atoms with Crippen LogP contribution < -0.4 is 5.32 Å². The van der Waals surface area contributed by atoms with E-state index in [0.717, 1.165) is 22.0 Å². The smallest absolute Gasteiger partial charge is 0.317 e. The minimum absolute atomic E-state index is 0.0971. The van der Waals surface area contributed by atoms with E-state index in [1.165, 1.54) is 7.11 Å². The van der Waals surface area contributed by atoms with Gasteiger partial charge >= 0.3 is 5.97 Å². The molecule has 0 saturated heterocycles. The van der Waals surface area contributed by atoms with Gasteiger partial charge in [-0.15, -0.1) is 0 Å². The van der Waals surface area contributed by atoms with Crippen molar-refractivity contribution in [3.8, 4) is 11.3 Å². The number of para-hydroxylation sites is 1. The van der Waals surface area contributed by atoms with Crippen LogP contribution in [0.1, 0.15) is 22.8 Å². The maximum absolute atomic E-state index is 13.3. The van der Waals surface area contributed by atoms with E-state index in [1.807, 2.05) is 84.9 Å². The minimum atomic E-state index is -1.02. The zero-order chi connectivity index (χ0) is 22.6. The first kappa shape index (κ1) is 21.2. The predicted octanol–water partition coefficient (Wildman–Crippen LogP) is 4.76. The number of amides is 1. The third-order valence-electron chi connectivity index (χ3n) is 5.68. The number of pyridine rings is 1. The summed E-state index contributed by atoms with van der Waals surface area (Å²) in [5.74, 6) is -0.680. The molecule has 4 rings (SSSR count). The highest BCUT2D eigenvalue weighted by Crippen LogP contribution is 2.27. The molecule has 1 aromatic heterocycles. The molecule has 0 aliphatic carbocycles. The average Bonchev–Trinajstić information content (AvgIpc) is 2.86. The van der Waals surface area contributed by atoms with E-state index in [9.17, 15) is 9.59 Å². The molecule has 0 saturated carbocycles. The number of carbonyl (C=O) groups is 2. The maximum atomic E-state index is 13.3. The normalized spacial score (nSPS) is 12.7. The van der Waals surface area contributed by atoms with Crippen molar-refractivity contribution in [2.75, 3.05) is 13.7 Å². The molecule has 5 nitrogen and oxygen atoms in total. The second kappa shape index (κ2) is 9.02. The van der Waals surface area contributed by atoms with Crippen molar-refractivity contribution < 1.29 is 14.3 Å². The van der Waals surface area contributed by atoms with E-state index >= 15 is 0 Å². The molecule has 1 atom stereocenters.